The van der Waals surface area contributed by atoms with E-state index in [0.717, 1.165) is 10.0 Å². The molecule has 0 aliphatic heterocycles. The van der Waals surface area contributed by atoms with Gasteiger partial charge in [0, 0.05) is 9.50 Å². The highest BCUT2D eigenvalue weighted by Crippen LogP contribution is 2.31. The van der Waals surface area contributed by atoms with Crippen molar-refractivity contribution in [2.24, 2.45) is 5.73 Å². The third-order valence-corrected chi connectivity index (χ3v) is 4.17. The fourth-order valence-electron chi connectivity index (χ4n) is 1.64. The molecule has 0 bridgehead atoms. The Kier molecular flexibility index (Phi) is 4.28. The molecule has 2 rings (SSSR count). The normalized spacial score (nSPS) is 12.5. The topological polar surface area (TPSA) is 26.0 Å². The maximum absolute atomic E-state index is 13.2. The zero-order valence-electron chi connectivity index (χ0n) is 9.13. The Morgan fingerprint density at radius 1 is 1.06 bits per heavy atom. The monoisotopic (exact) mass is 347 g/mol. The number of rotatable bonds is 2. The van der Waals surface area contributed by atoms with E-state index in [2.05, 4.69) is 15.9 Å². The van der Waals surface area contributed by atoms with Crippen LogP contribution >= 0.6 is 39.1 Å². The molecule has 5 heteroatoms. The summed E-state index contributed by atoms with van der Waals surface area (Å²) < 4.78 is 14.0. The highest BCUT2D eigenvalue weighted by atomic mass is 79.9. The molecule has 0 saturated carbocycles. The van der Waals surface area contributed by atoms with E-state index in [4.69, 9.17) is 28.9 Å². The predicted molar refractivity (Wildman–Crippen MR) is 76.6 cm³/mol. The lowest BCUT2D eigenvalue weighted by Crippen LogP contribution is -2.12. The zero-order valence-corrected chi connectivity index (χ0v) is 12.2. The van der Waals surface area contributed by atoms with Crippen LogP contribution in [0.2, 0.25) is 10.0 Å². The number of benzene rings is 2. The Bertz CT molecular complexity index is 589. The lowest BCUT2D eigenvalue weighted by molar-refractivity contribution is 0.623. The molecule has 0 aliphatic rings. The van der Waals surface area contributed by atoms with Crippen molar-refractivity contribution in [2.45, 2.75) is 6.04 Å². The van der Waals surface area contributed by atoms with Crippen molar-refractivity contribution < 1.29 is 4.39 Å². The van der Waals surface area contributed by atoms with Crippen LogP contribution in [0, 0.1) is 5.82 Å². The van der Waals surface area contributed by atoms with Crippen LogP contribution in [0.4, 0.5) is 4.39 Å². The van der Waals surface area contributed by atoms with Crippen molar-refractivity contribution in [2.75, 3.05) is 0 Å². The third kappa shape index (κ3) is 2.86. The first-order valence-corrected chi connectivity index (χ1v) is 6.69. The molecule has 0 heterocycles. The highest BCUT2D eigenvalue weighted by molar-refractivity contribution is 9.10. The van der Waals surface area contributed by atoms with Gasteiger partial charge in [-0.25, -0.2) is 4.39 Å². The van der Waals surface area contributed by atoms with Crippen LogP contribution in [0.15, 0.2) is 40.9 Å². The first kappa shape index (κ1) is 13.8. The molecule has 1 unspecified atom stereocenters. The van der Waals surface area contributed by atoms with E-state index in [9.17, 15) is 4.39 Å². The summed E-state index contributed by atoms with van der Waals surface area (Å²) in [6, 6.07) is 8.96. The molecule has 18 heavy (non-hydrogen) atoms. The highest BCUT2D eigenvalue weighted by Gasteiger charge is 2.14. The predicted octanol–water partition coefficient (Wildman–Crippen LogP) is 4.94. The minimum absolute atomic E-state index is 0.368. The van der Waals surface area contributed by atoms with Crippen molar-refractivity contribution in [3.63, 3.8) is 0 Å². The van der Waals surface area contributed by atoms with Crippen LogP contribution in [0.1, 0.15) is 17.2 Å². The van der Waals surface area contributed by atoms with Crippen LogP contribution in [-0.2, 0) is 0 Å². The van der Waals surface area contributed by atoms with Crippen LogP contribution in [0.25, 0.3) is 0 Å². The van der Waals surface area contributed by atoms with Crippen LogP contribution < -0.4 is 5.73 Å². The Morgan fingerprint density at radius 3 is 2.44 bits per heavy atom. The molecule has 0 fully saturated rings. The molecule has 0 spiro atoms. The molecule has 0 radical (unpaired) electrons. The van der Waals surface area contributed by atoms with Gasteiger partial charge in [0.2, 0.25) is 0 Å². The van der Waals surface area contributed by atoms with Crippen LogP contribution in [-0.4, -0.2) is 0 Å². The minimum Gasteiger partial charge on any atom is -0.320 e. The van der Waals surface area contributed by atoms with Crippen molar-refractivity contribution in [3.05, 3.63) is 67.9 Å². The van der Waals surface area contributed by atoms with Crippen molar-refractivity contribution in [1.82, 2.24) is 0 Å². The molecular formula is C13H9BrCl2FN. The molecule has 0 amide bonds. The summed E-state index contributed by atoms with van der Waals surface area (Å²) in [5.41, 5.74) is 7.39. The van der Waals surface area contributed by atoms with Crippen molar-refractivity contribution in [1.29, 1.82) is 0 Å². The Hall–Kier alpha value is -0.610. The lowest BCUT2D eigenvalue weighted by atomic mass is 9.99. The Balaban J connectivity index is 2.44. The number of hydrogen-bond donors (Lipinski definition) is 1. The number of nitrogens with two attached hydrogens (primary N) is 1. The summed E-state index contributed by atoms with van der Waals surface area (Å²) in [6.45, 7) is 0. The lowest BCUT2D eigenvalue weighted by Gasteiger charge is -2.15. The zero-order chi connectivity index (χ0) is 13.3. The molecule has 0 saturated heterocycles. The first-order valence-electron chi connectivity index (χ1n) is 5.14. The van der Waals surface area contributed by atoms with E-state index in [1.165, 1.54) is 18.2 Å². The van der Waals surface area contributed by atoms with Gasteiger partial charge in [0.05, 0.1) is 11.1 Å². The first-order chi connectivity index (χ1) is 8.49. The van der Waals surface area contributed by atoms with Gasteiger partial charge in [-0.3, -0.25) is 0 Å². The second-order valence-corrected chi connectivity index (χ2v) is 5.49. The second-order valence-electron chi connectivity index (χ2n) is 3.82. The standard InChI is InChI=1S/C13H9BrCl2FN/c14-10-3-1-7(5-12(10)16)13(18)9-6-8(17)2-4-11(9)15/h1-6,13H,18H2. The van der Waals surface area contributed by atoms with Gasteiger partial charge in [0.15, 0.2) is 0 Å². The molecule has 2 aromatic rings. The van der Waals surface area contributed by atoms with E-state index in [-0.39, 0.29) is 5.82 Å². The van der Waals surface area contributed by atoms with Gasteiger partial charge in [-0.2, -0.15) is 0 Å². The molecular weight excluding hydrogens is 340 g/mol. The van der Waals surface area contributed by atoms with Gasteiger partial charge in [0.25, 0.3) is 0 Å². The minimum atomic E-state index is -0.515. The van der Waals surface area contributed by atoms with Gasteiger partial charge in [0.1, 0.15) is 5.82 Å². The Morgan fingerprint density at radius 2 is 1.78 bits per heavy atom. The quantitative estimate of drug-likeness (QED) is 0.816. The van der Waals surface area contributed by atoms with Gasteiger partial charge >= 0.3 is 0 Å². The van der Waals surface area contributed by atoms with E-state index in [0.29, 0.717) is 15.6 Å². The maximum Gasteiger partial charge on any atom is 0.123 e. The SMILES string of the molecule is NC(c1ccc(Br)c(Cl)c1)c1cc(F)ccc1Cl. The smallest absolute Gasteiger partial charge is 0.123 e. The summed E-state index contributed by atoms with van der Waals surface area (Å²) in [5, 5.41) is 0.985. The molecule has 2 aromatic carbocycles. The molecule has 1 atom stereocenters. The van der Waals surface area contributed by atoms with E-state index < -0.39 is 6.04 Å². The second kappa shape index (κ2) is 5.57. The summed E-state index contributed by atoms with van der Waals surface area (Å²) in [7, 11) is 0. The maximum atomic E-state index is 13.2. The van der Waals surface area contributed by atoms with E-state index >= 15 is 0 Å². The van der Waals surface area contributed by atoms with Gasteiger partial charge in [-0.15, -0.1) is 0 Å². The number of hydrogen-bond acceptors (Lipinski definition) is 1. The fraction of sp³-hybridized carbons (Fsp3) is 0.0769. The largest absolute Gasteiger partial charge is 0.320 e. The van der Waals surface area contributed by atoms with E-state index in [1.807, 2.05) is 6.07 Å². The average Bonchev–Trinajstić information content (AvgIpc) is 2.35. The Labute approximate surface area is 123 Å². The van der Waals surface area contributed by atoms with E-state index in [1.54, 1.807) is 12.1 Å². The molecule has 2 N–H and O–H groups in total. The third-order valence-electron chi connectivity index (χ3n) is 2.60. The molecule has 0 aromatic heterocycles. The van der Waals surface area contributed by atoms with Gasteiger partial charge < -0.3 is 5.73 Å². The van der Waals surface area contributed by atoms with Crippen molar-refractivity contribution in [3.8, 4) is 0 Å². The fourth-order valence-corrected chi connectivity index (χ4v) is 2.31. The number of halogens is 4. The summed E-state index contributed by atoms with van der Waals surface area (Å²) in [5.74, 6) is -0.368. The van der Waals surface area contributed by atoms with Gasteiger partial charge in [-0.1, -0.05) is 29.3 Å². The van der Waals surface area contributed by atoms with Gasteiger partial charge in [-0.05, 0) is 57.4 Å². The van der Waals surface area contributed by atoms with Crippen LogP contribution in [0.5, 0.6) is 0 Å². The molecule has 0 aliphatic carbocycles. The molecule has 1 nitrogen and oxygen atoms in total. The van der Waals surface area contributed by atoms with Crippen molar-refractivity contribution >= 4 is 39.1 Å². The summed E-state index contributed by atoms with van der Waals surface area (Å²) in [6.07, 6.45) is 0. The summed E-state index contributed by atoms with van der Waals surface area (Å²) >= 11 is 15.3. The summed E-state index contributed by atoms with van der Waals surface area (Å²) in [4.78, 5) is 0. The molecule has 94 valence electrons. The van der Waals surface area contributed by atoms with Crippen LogP contribution in [0.3, 0.4) is 0 Å². The average molecular weight is 349 g/mol.